The largest absolute Gasteiger partial charge is 0.399 e. The van der Waals surface area contributed by atoms with Crippen LogP contribution in [0.4, 0.5) is 11.4 Å². The Morgan fingerprint density at radius 3 is 2.50 bits per heavy atom. The number of hydrogen-bond acceptors (Lipinski definition) is 2. The minimum atomic E-state index is 0.151. The summed E-state index contributed by atoms with van der Waals surface area (Å²) in [5.41, 5.74) is 11.0. The summed E-state index contributed by atoms with van der Waals surface area (Å²) in [6.45, 7) is 7.87. The monoisotopic (exact) mass is 266 g/mol. The van der Waals surface area contributed by atoms with Gasteiger partial charge in [0, 0.05) is 29.4 Å². The Morgan fingerprint density at radius 1 is 1.10 bits per heavy atom. The predicted molar refractivity (Wildman–Crippen MR) is 86.0 cm³/mol. The van der Waals surface area contributed by atoms with E-state index in [1.807, 2.05) is 6.07 Å². The maximum absolute atomic E-state index is 5.99. The van der Waals surface area contributed by atoms with Gasteiger partial charge in [0.25, 0.3) is 0 Å². The van der Waals surface area contributed by atoms with Crippen LogP contribution in [0.15, 0.2) is 48.5 Å². The van der Waals surface area contributed by atoms with Crippen molar-refractivity contribution in [2.75, 3.05) is 10.6 Å². The van der Waals surface area contributed by atoms with Gasteiger partial charge in [-0.2, -0.15) is 0 Å². The molecule has 0 saturated heterocycles. The van der Waals surface area contributed by atoms with Crippen molar-refractivity contribution in [2.24, 2.45) is 0 Å². The first-order valence-corrected chi connectivity index (χ1v) is 7.21. The third kappa shape index (κ3) is 1.96. The number of rotatable bonds is 2. The molecule has 0 aliphatic carbocycles. The number of nitrogens with zero attached hydrogens (tertiary/aromatic N) is 1. The predicted octanol–water partition coefficient (Wildman–Crippen LogP) is 3.96. The molecule has 104 valence electrons. The van der Waals surface area contributed by atoms with Gasteiger partial charge in [0.05, 0.1) is 0 Å². The zero-order valence-corrected chi connectivity index (χ0v) is 12.4. The van der Waals surface area contributed by atoms with Gasteiger partial charge in [-0.1, -0.05) is 50.2 Å². The van der Waals surface area contributed by atoms with Crippen LogP contribution in [0, 0.1) is 0 Å². The normalized spacial score (nSPS) is 19.9. The molecule has 3 rings (SSSR count). The number of nitrogens with two attached hydrogens (primary N) is 1. The summed E-state index contributed by atoms with van der Waals surface area (Å²) in [6, 6.07) is 17.4. The van der Waals surface area contributed by atoms with Crippen LogP contribution < -0.4 is 10.6 Å². The summed E-state index contributed by atoms with van der Waals surface area (Å²) in [5, 5.41) is 0. The summed E-state index contributed by atoms with van der Waals surface area (Å²) < 4.78 is 0. The lowest BCUT2D eigenvalue weighted by molar-refractivity contribution is 0.440. The fourth-order valence-corrected chi connectivity index (χ4v) is 3.16. The molecule has 2 aromatic rings. The van der Waals surface area contributed by atoms with Crippen LogP contribution in [0.25, 0.3) is 0 Å². The molecule has 0 saturated carbocycles. The molecule has 20 heavy (non-hydrogen) atoms. The van der Waals surface area contributed by atoms with Gasteiger partial charge in [-0.15, -0.1) is 0 Å². The van der Waals surface area contributed by atoms with Gasteiger partial charge in [-0.05, 0) is 30.2 Å². The summed E-state index contributed by atoms with van der Waals surface area (Å²) in [4.78, 5) is 2.47. The second-order valence-electron chi connectivity index (χ2n) is 6.29. The zero-order valence-electron chi connectivity index (χ0n) is 12.4. The van der Waals surface area contributed by atoms with Gasteiger partial charge >= 0.3 is 0 Å². The van der Waals surface area contributed by atoms with Crippen LogP contribution in [0.3, 0.4) is 0 Å². The smallest absolute Gasteiger partial charge is 0.0432 e. The Hall–Kier alpha value is -1.96. The molecule has 0 fully saturated rings. The summed E-state index contributed by atoms with van der Waals surface area (Å²) in [6.07, 6.45) is 0. The molecular formula is C18H22N2. The Kier molecular flexibility index (Phi) is 2.97. The van der Waals surface area contributed by atoms with Crippen LogP contribution >= 0.6 is 0 Å². The van der Waals surface area contributed by atoms with Crippen molar-refractivity contribution in [1.82, 2.24) is 0 Å². The lowest BCUT2D eigenvalue weighted by atomic mass is 9.81. The molecule has 2 nitrogen and oxygen atoms in total. The highest BCUT2D eigenvalue weighted by Crippen LogP contribution is 2.46. The van der Waals surface area contributed by atoms with Crippen molar-refractivity contribution < 1.29 is 0 Å². The molecule has 2 aromatic carbocycles. The molecule has 1 aliphatic rings. The summed E-state index contributed by atoms with van der Waals surface area (Å²) in [7, 11) is 0. The number of nitrogen functional groups attached to an aromatic ring is 1. The van der Waals surface area contributed by atoms with E-state index in [2.05, 4.69) is 68.1 Å². The minimum absolute atomic E-state index is 0.151. The van der Waals surface area contributed by atoms with E-state index in [4.69, 9.17) is 5.73 Å². The fraction of sp³-hybridized carbons (Fsp3) is 0.333. The summed E-state index contributed by atoms with van der Waals surface area (Å²) >= 11 is 0. The Morgan fingerprint density at radius 2 is 1.80 bits per heavy atom. The minimum Gasteiger partial charge on any atom is -0.399 e. The van der Waals surface area contributed by atoms with Gasteiger partial charge in [0.2, 0.25) is 0 Å². The Balaban J connectivity index is 2.02. The molecule has 0 aromatic heterocycles. The van der Waals surface area contributed by atoms with Crippen molar-refractivity contribution in [2.45, 2.75) is 38.8 Å². The second kappa shape index (κ2) is 4.55. The van der Waals surface area contributed by atoms with E-state index < -0.39 is 0 Å². The average Bonchev–Trinajstić information content (AvgIpc) is 2.61. The van der Waals surface area contributed by atoms with Crippen molar-refractivity contribution in [3.63, 3.8) is 0 Å². The first-order valence-electron chi connectivity index (χ1n) is 7.21. The highest BCUT2D eigenvalue weighted by Gasteiger charge is 2.41. The summed E-state index contributed by atoms with van der Waals surface area (Å²) in [5.74, 6) is 0. The number of hydrogen-bond donors (Lipinski definition) is 1. The highest BCUT2D eigenvalue weighted by atomic mass is 15.2. The zero-order chi connectivity index (χ0) is 14.3. The molecule has 0 bridgehead atoms. The van der Waals surface area contributed by atoms with Gasteiger partial charge in [-0.25, -0.2) is 0 Å². The van der Waals surface area contributed by atoms with Crippen molar-refractivity contribution in [1.29, 1.82) is 0 Å². The quantitative estimate of drug-likeness (QED) is 0.834. The maximum atomic E-state index is 5.99. The topological polar surface area (TPSA) is 29.3 Å². The van der Waals surface area contributed by atoms with E-state index in [-0.39, 0.29) is 5.41 Å². The number of fused-ring (bicyclic) bond motifs is 1. The first-order chi connectivity index (χ1) is 9.50. The number of benzene rings is 2. The molecule has 2 N–H and O–H groups in total. The Bertz CT molecular complexity index is 617. The van der Waals surface area contributed by atoms with E-state index in [1.54, 1.807) is 0 Å². The molecule has 0 spiro atoms. The molecular weight excluding hydrogens is 244 g/mol. The van der Waals surface area contributed by atoms with E-state index in [9.17, 15) is 0 Å². The molecule has 1 aliphatic heterocycles. The van der Waals surface area contributed by atoms with Gasteiger partial charge < -0.3 is 10.6 Å². The van der Waals surface area contributed by atoms with Crippen LogP contribution in [-0.4, -0.2) is 6.04 Å². The van der Waals surface area contributed by atoms with E-state index in [0.29, 0.717) is 6.04 Å². The van der Waals surface area contributed by atoms with E-state index >= 15 is 0 Å². The third-order valence-corrected chi connectivity index (χ3v) is 4.73. The molecule has 1 heterocycles. The third-order valence-electron chi connectivity index (χ3n) is 4.73. The lowest BCUT2D eigenvalue weighted by Crippen LogP contribution is -2.38. The fourth-order valence-electron chi connectivity index (χ4n) is 3.16. The molecule has 2 heteroatoms. The molecule has 0 amide bonds. The SMILES string of the molecule is CC1N(Cc2ccccc2)c2cc(N)ccc2C1(C)C. The van der Waals surface area contributed by atoms with Crippen LogP contribution in [0.2, 0.25) is 0 Å². The second-order valence-corrected chi connectivity index (χ2v) is 6.29. The maximum Gasteiger partial charge on any atom is 0.0432 e. The van der Waals surface area contributed by atoms with Crippen LogP contribution in [0.5, 0.6) is 0 Å². The van der Waals surface area contributed by atoms with Crippen molar-refractivity contribution in [3.05, 3.63) is 59.7 Å². The van der Waals surface area contributed by atoms with Crippen molar-refractivity contribution in [3.8, 4) is 0 Å². The molecule has 1 unspecified atom stereocenters. The van der Waals surface area contributed by atoms with Gasteiger partial charge in [0.1, 0.15) is 0 Å². The van der Waals surface area contributed by atoms with E-state index in [1.165, 1.54) is 16.8 Å². The van der Waals surface area contributed by atoms with Crippen LogP contribution in [-0.2, 0) is 12.0 Å². The number of anilines is 2. The standard InChI is InChI=1S/C18H22N2/c1-13-18(2,3)16-10-9-15(19)11-17(16)20(13)12-14-7-5-4-6-8-14/h4-11,13H,12,19H2,1-3H3. The van der Waals surface area contributed by atoms with Crippen LogP contribution in [0.1, 0.15) is 31.9 Å². The first kappa shape index (κ1) is 13.0. The molecule has 0 radical (unpaired) electrons. The highest BCUT2D eigenvalue weighted by molar-refractivity contribution is 5.68. The molecule has 1 atom stereocenters. The van der Waals surface area contributed by atoms with Gasteiger partial charge in [0.15, 0.2) is 0 Å². The lowest BCUT2D eigenvalue weighted by Gasteiger charge is -2.31. The van der Waals surface area contributed by atoms with Crippen molar-refractivity contribution >= 4 is 11.4 Å². The van der Waals surface area contributed by atoms with Gasteiger partial charge in [-0.3, -0.25) is 0 Å². The average molecular weight is 266 g/mol. The van der Waals surface area contributed by atoms with E-state index in [0.717, 1.165) is 12.2 Å². The Labute approximate surface area is 121 Å².